The number of ether oxygens (including phenoxy) is 2. The van der Waals surface area contributed by atoms with Crippen LogP contribution < -0.4 is 4.74 Å². The molecule has 6 heteroatoms. The number of methoxy groups -OCH3 is 1. The molecule has 6 nitrogen and oxygen atoms in total. The van der Waals surface area contributed by atoms with Crippen molar-refractivity contribution >= 4 is 6.09 Å². The van der Waals surface area contributed by atoms with E-state index in [0.29, 0.717) is 30.8 Å². The zero-order valence-electron chi connectivity index (χ0n) is 15.5. The van der Waals surface area contributed by atoms with Crippen molar-refractivity contribution in [2.24, 2.45) is 0 Å². The maximum absolute atomic E-state index is 12.1. The number of carbonyl (C=O) groups is 1. The van der Waals surface area contributed by atoms with E-state index in [-0.39, 0.29) is 18.6 Å². The van der Waals surface area contributed by atoms with Gasteiger partial charge in [-0.25, -0.2) is 4.79 Å². The van der Waals surface area contributed by atoms with Gasteiger partial charge in [0, 0.05) is 31.2 Å². The predicted octanol–water partition coefficient (Wildman–Crippen LogP) is 2.74. The van der Waals surface area contributed by atoms with E-state index in [1.807, 2.05) is 33.8 Å². The molecule has 0 radical (unpaired) electrons. The number of aliphatic hydroxyl groups excluding tert-OH is 1. The van der Waals surface area contributed by atoms with Gasteiger partial charge in [-0.05, 0) is 45.2 Å². The van der Waals surface area contributed by atoms with Crippen molar-refractivity contribution in [1.29, 1.82) is 5.26 Å². The highest BCUT2D eigenvalue weighted by Gasteiger charge is 2.38. The molecule has 25 heavy (non-hydrogen) atoms. The number of likely N-dealkylation sites (tertiary alicyclic amines) is 1. The molecule has 2 rings (SSSR count). The van der Waals surface area contributed by atoms with Crippen LogP contribution in [0.2, 0.25) is 0 Å². The van der Waals surface area contributed by atoms with Crippen LogP contribution in [0, 0.1) is 18.3 Å². The highest BCUT2D eigenvalue weighted by molar-refractivity contribution is 5.70. The van der Waals surface area contributed by atoms with E-state index in [4.69, 9.17) is 9.47 Å². The minimum Gasteiger partial charge on any atom is -0.496 e. The minimum atomic E-state index is -0.532. The standard InChI is InChI=1S/C19H26N2O4/c1-12-8-13(6-7-22)17(24-5)16(15(12)9-20)14-10-21(11-14)18(23)25-19(2,3)4/h8,14,22H,6-7,10-11H2,1-5H3. The Morgan fingerprint density at radius 3 is 2.56 bits per heavy atom. The molecule has 136 valence electrons. The molecule has 1 aromatic carbocycles. The van der Waals surface area contributed by atoms with E-state index in [1.54, 1.807) is 12.0 Å². The van der Waals surface area contributed by atoms with Gasteiger partial charge in [0.2, 0.25) is 0 Å². The van der Waals surface area contributed by atoms with Gasteiger partial charge in [0.25, 0.3) is 0 Å². The number of benzene rings is 1. The first-order chi connectivity index (χ1) is 11.7. The average molecular weight is 346 g/mol. The Hall–Kier alpha value is -2.26. The molecule has 1 heterocycles. The third kappa shape index (κ3) is 4.05. The van der Waals surface area contributed by atoms with Gasteiger partial charge >= 0.3 is 6.09 Å². The van der Waals surface area contributed by atoms with Crippen LogP contribution in [0.25, 0.3) is 0 Å². The van der Waals surface area contributed by atoms with E-state index in [9.17, 15) is 15.2 Å². The van der Waals surface area contributed by atoms with Crippen LogP contribution in [0.3, 0.4) is 0 Å². The van der Waals surface area contributed by atoms with Crippen LogP contribution in [0.1, 0.15) is 48.9 Å². The fraction of sp³-hybridized carbons (Fsp3) is 0.579. The summed E-state index contributed by atoms with van der Waals surface area (Å²) < 4.78 is 10.9. The Kier molecular flexibility index (Phi) is 5.58. The number of nitriles is 1. The summed E-state index contributed by atoms with van der Waals surface area (Å²) in [5.41, 5.74) is 2.63. The smallest absolute Gasteiger partial charge is 0.410 e. The molecule has 0 aliphatic carbocycles. The average Bonchev–Trinajstić information content (AvgIpc) is 2.44. The van der Waals surface area contributed by atoms with Gasteiger partial charge in [0.05, 0.1) is 18.7 Å². The second-order valence-corrected chi connectivity index (χ2v) is 7.34. The zero-order chi connectivity index (χ0) is 18.8. The van der Waals surface area contributed by atoms with Gasteiger partial charge in [0.1, 0.15) is 11.4 Å². The molecule has 1 aliphatic rings. The van der Waals surface area contributed by atoms with Crippen molar-refractivity contribution < 1.29 is 19.4 Å². The summed E-state index contributed by atoms with van der Waals surface area (Å²) >= 11 is 0. The zero-order valence-corrected chi connectivity index (χ0v) is 15.5. The molecular formula is C19H26N2O4. The van der Waals surface area contributed by atoms with E-state index in [1.165, 1.54) is 0 Å². The number of hydrogen-bond donors (Lipinski definition) is 1. The lowest BCUT2D eigenvalue weighted by Crippen LogP contribution is -2.50. The topological polar surface area (TPSA) is 82.8 Å². The van der Waals surface area contributed by atoms with Crippen LogP contribution in [0.15, 0.2) is 6.07 Å². The molecule has 0 aromatic heterocycles. The third-order valence-corrected chi connectivity index (χ3v) is 4.23. The molecule has 1 saturated heterocycles. The molecule has 0 atom stereocenters. The summed E-state index contributed by atoms with van der Waals surface area (Å²) in [4.78, 5) is 13.8. The van der Waals surface area contributed by atoms with Crippen molar-refractivity contribution in [3.05, 3.63) is 28.3 Å². The maximum Gasteiger partial charge on any atom is 0.410 e. The summed E-state index contributed by atoms with van der Waals surface area (Å²) in [7, 11) is 1.57. The van der Waals surface area contributed by atoms with Crippen molar-refractivity contribution in [2.75, 3.05) is 26.8 Å². The number of aliphatic hydroxyl groups is 1. The summed E-state index contributed by atoms with van der Waals surface area (Å²) in [6, 6.07) is 4.15. The van der Waals surface area contributed by atoms with Gasteiger partial charge < -0.3 is 19.5 Å². The second kappa shape index (κ2) is 7.32. The van der Waals surface area contributed by atoms with Crippen molar-refractivity contribution in [2.45, 2.75) is 45.6 Å². The molecule has 1 aromatic rings. The fourth-order valence-electron chi connectivity index (χ4n) is 3.12. The van der Waals surface area contributed by atoms with Gasteiger partial charge in [-0.15, -0.1) is 0 Å². The molecule has 0 saturated carbocycles. The summed E-state index contributed by atoms with van der Waals surface area (Å²) in [5.74, 6) is 0.666. The maximum atomic E-state index is 12.1. The second-order valence-electron chi connectivity index (χ2n) is 7.34. The molecule has 1 aliphatic heterocycles. The number of amides is 1. The normalized spacial score (nSPS) is 14.7. The Morgan fingerprint density at radius 1 is 1.44 bits per heavy atom. The quantitative estimate of drug-likeness (QED) is 0.906. The Labute approximate surface area is 149 Å². The lowest BCUT2D eigenvalue weighted by atomic mass is 9.84. The minimum absolute atomic E-state index is 0.00976. The van der Waals surface area contributed by atoms with Crippen molar-refractivity contribution in [3.8, 4) is 11.8 Å². The SMILES string of the molecule is COc1c(CCO)cc(C)c(C#N)c1C1CN(C(=O)OC(C)(C)C)C1. The van der Waals surface area contributed by atoms with E-state index < -0.39 is 5.60 Å². The number of aryl methyl sites for hydroxylation is 1. The van der Waals surface area contributed by atoms with Crippen LogP contribution in [0.5, 0.6) is 5.75 Å². The molecule has 1 amide bonds. The fourth-order valence-corrected chi connectivity index (χ4v) is 3.12. The van der Waals surface area contributed by atoms with Crippen molar-refractivity contribution in [3.63, 3.8) is 0 Å². The lowest BCUT2D eigenvalue weighted by molar-refractivity contribution is 0.00797. The molecule has 1 fully saturated rings. The van der Waals surface area contributed by atoms with Crippen LogP contribution in [-0.2, 0) is 11.2 Å². The molecule has 1 N–H and O–H groups in total. The van der Waals surface area contributed by atoms with Crippen molar-refractivity contribution in [1.82, 2.24) is 4.90 Å². The number of nitrogens with zero attached hydrogens (tertiary/aromatic N) is 2. The van der Waals surface area contributed by atoms with E-state index in [2.05, 4.69) is 6.07 Å². The van der Waals surface area contributed by atoms with Gasteiger partial charge in [-0.1, -0.05) is 6.07 Å². The van der Waals surface area contributed by atoms with Gasteiger partial charge in [-0.3, -0.25) is 0 Å². The van der Waals surface area contributed by atoms with E-state index in [0.717, 1.165) is 16.7 Å². The number of rotatable bonds is 4. The van der Waals surface area contributed by atoms with Crippen LogP contribution >= 0.6 is 0 Å². The summed E-state index contributed by atoms with van der Waals surface area (Å²) in [5, 5.41) is 18.9. The first-order valence-corrected chi connectivity index (χ1v) is 8.41. The Bertz CT molecular complexity index is 695. The first-order valence-electron chi connectivity index (χ1n) is 8.41. The van der Waals surface area contributed by atoms with Gasteiger partial charge in [0.15, 0.2) is 0 Å². The molecule has 0 bridgehead atoms. The Balaban J connectivity index is 2.28. The number of carbonyl (C=O) groups excluding carboxylic acids is 1. The molecular weight excluding hydrogens is 320 g/mol. The third-order valence-electron chi connectivity index (χ3n) is 4.23. The number of hydrogen-bond acceptors (Lipinski definition) is 5. The Morgan fingerprint density at radius 2 is 2.08 bits per heavy atom. The van der Waals surface area contributed by atoms with Crippen LogP contribution in [0.4, 0.5) is 4.79 Å². The summed E-state index contributed by atoms with van der Waals surface area (Å²) in [6.45, 7) is 8.37. The molecule has 0 unspecified atom stereocenters. The summed E-state index contributed by atoms with van der Waals surface area (Å²) in [6.07, 6.45) is 0.120. The molecule has 0 spiro atoms. The van der Waals surface area contributed by atoms with Gasteiger partial charge in [-0.2, -0.15) is 5.26 Å². The first kappa shape index (κ1) is 19.1. The lowest BCUT2D eigenvalue weighted by Gasteiger charge is -2.41. The van der Waals surface area contributed by atoms with Crippen LogP contribution in [-0.4, -0.2) is 48.5 Å². The largest absolute Gasteiger partial charge is 0.496 e. The van der Waals surface area contributed by atoms with E-state index >= 15 is 0 Å². The highest BCUT2D eigenvalue weighted by atomic mass is 16.6. The monoisotopic (exact) mass is 346 g/mol. The predicted molar refractivity (Wildman–Crippen MR) is 93.8 cm³/mol. The highest BCUT2D eigenvalue weighted by Crippen LogP contribution is 2.40.